The van der Waals surface area contributed by atoms with Crippen molar-refractivity contribution >= 4 is 39.1 Å². The Balaban J connectivity index is 1.84. The highest BCUT2D eigenvalue weighted by Crippen LogP contribution is 2.30. The Labute approximate surface area is 269 Å². The molecule has 4 aromatic rings. The molecule has 0 aliphatic rings. The van der Waals surface area contributed by atoms with E-state index >= 15 is 4.39 Å². The number of halogens is 2. The maximum atomic E-state index is 15.0. The molecule has 7 nitrogen and oxygen atoms in total. The molecule has 4 aromatic carbocycles. The Hall–Kier alpha value is -4.21. The molecule has 0 spiro atoms. The number of carbonyl (C=O) groups excluding carboxylic acids is 2. The summed E-state index contributed by atoms with van der Waals surface area (Å²) in [5.41, 5.74) is 1.76. The number of anilines is 1. The summed E-state index contributed by atoms with van der Waals surface area (Å²) in [5, 5.41) is 3.25. The lowest BCUT2D eigenvalue weighted by Gasteiger charge is -2.34. The fourth-order valence-corrected chi connectivity index (χ4v) is 6.55. The van der Waals surface area contributed by atoms with E-state index in [4.69, 9.17) is 11.6 Å². The van der Waals surface area contributed by atoms with Crippen molar-refractivity contribution in [3.8, 4) is 0 Å². The largest absolute Gasteiger partial charge is 0.352 e. The quantitative estimate of drug-likeness (QED) is 0.178. The zero-order chi connectivity index (χ0) is 32.6. The summed E-state index contributed by atoms with van der Waals surface area (Å²) in [4.78, 5) is 29.6. The van der Waals surface area contributed by atoms with Crippen LogP contribution in [0, 0.1) is 12.7 Å². The van der Waals surface area contributed by atoms with E-state index in [-0.39, 0.29) is 40.2 Å². The minimum absolute atomic E-state index is 0.0202. The van der Waals surface area contributed by atoms with Crippen LogP contribution in [0.4, 0.5) is 10.1 Å². The zero-order valence-electron chi connectivity index (χ0n) is 25.5. The highest BCUT2D eigenvalue weighted by molar-refractivity contribution is 7.92. The summed E-state index contributed by atoms with van der Waals surface area (Å²) < 4.78 is 44.3. The molecule has 45 heavy (non-hydrogen) atoms. The number of hydrogen-bond acceptors (Lipinski definition) is 4. The van der Waals surface area contributed by atoms with Crippen molar-refractivity contribution in [1.29, 1.82) is 0 Å². The minimum atomic E-state index is -4.28. The van der Waals surface area contributed by atoms with Gasteiger partial charge in [0.2, 0.25) is 11.8 Å². The summed E-state index contributed by atoms with van der Waals surface area (Å²) in [6.45, 7) is 4.59. The molecule has 0 saturated heterocycles. The lowest BCUT2D eigenvalue weighted by Crippen LogP contribution is -2.54. The minimum Gasteiger partial charge on any atom is -0.352 e. The number of hydrogen-bond donors (Lipinski definition) is 1. The van der Waals surface area contributed by atoms with E-state index < -0.39 is 40.2 Å². The second-order valence-corrected chi connectivity index (χ2v) is 13.2. The zero-order valence-corrected chi connectivity index (χ0v) is 27.1. The fraction of sp³-hybridized carbons (Fsp3) is 0.257. The molecule has 2 amide bonds. The van der Waals surface area contributed by atoms with Crippen LogP contribution in [-0.2, 0) is 32.6 Å². The number of carbonyl (C=O) groups is 2. The molecule has 0 fully saturated rings. The molecular formula is C35H37ClFN3O4S. The van der Waals surface area contributed by atoms with Gasteiger partial charge in [0, 0.05) is 29.6 Å². The van der Waals surface area contributed by atoms with Gasteiger partial charge in [0.25, 0.3) is 10.0 Å². The lowest BCUT2D eigenvalue weighted by molar-refractivity contribution is -0.140. The van der Waals surface area contributed by atoms with Crippen LogP contribution in [0.15, 0.2) is 108 Å². The van der Waals surface area contributed by atoms with Crippen LogP contribution >= 0.6 is 11.6 Å². The van der Waals surface area contributed by atoms with Crippen LogP contribution in [0.1, 0.15) is 37.0 Å². The Bertz CT molecular complexity index is 1720. The SMILES string of the molecule is CC[C@H](C)NC(=O)[C@H](Cc1ccccc1)N(Cc1ccccc1F)C(=O)CN(c1cc(Cl)ccc1C)S(=O)(=O)c1ccccc1. The van der Waals surface area contributed by atoms with Gasteiger partial charge in [0.05, 0.1) is 10.6 Å². The number of rotatable bonds is 13. The average molecular weight is 650 g/mol. The summed E-state index contributed by atoms with van der Waals surface area (Å²) in [6.07, 6.45) is 0.785. The average Bonchev–Trinajstić information content (AvgIpc) is 3.04. The molecule has 0 aliphatic heterocycles. The monoisotopic (exact) mass is 649 g/mol. The third-order valence-electron chi connectivity index (χ3n) is 7.62. The molecule has 0 aromatic heterocycles. The molecule has 236 valence electrons. The maximum Gasteiger partial charge on any atom is 0.264 e. The molecule has 2 atom stereocenters. The Kier molecular flexibility index (Phi) is 11.4. The van der Waals surface area contributed by atoms with Gasteiger partial charge in [-0.2, -0.15) is 0 Å². The molecule has 0 unspecified atom stereocenters. The first-order chi connectivity index (χ1) is 21.5. The Morgan fingerprint density at radius 1 is 0.911 bits per heavy atom. The summed E-state index contributed by atoms with van der Waals surface area (Å²) in [5.74, 6) is -1.65. The third-order valence-corrected chi connectivity index (χ3v) is 9.63. The van der Waals surface area contributed by atoms with Gasteiger partial charge in [-0.05, 0) is 61.7 Å². The molecule has 0 saturated carbocycles. The lowest BCUT2D eigenvalue weighted by atomic mass is 10.0. The number of nitrogens with zero attached hydrogens (tertiary/aromatic N) is 2. The molecule has 4 rings (SSSR count). The van der Waals surface area contributed by atoms with Crippen LogP contribution in [0.2, 0.25) is 5.02 Å². The first-order valence-electron chi connectivity index (χ1n) is 14.7. The van der Waals surface area contributed by atoms with Gasteiger partial charge >= 0.3 is 0 Å². The smallest absolute Gasteiger partial charge is 0.264 e. The normalized spacial score (nSPS) is 12.6. The van der Waals surface area contributed by atoms with E-state index in [1.54, 1.807) is 49.4 Å². The van der Waals surface area contributed by atoms with Crippen LogP contribution in [0.5, 0.6) is 0 Å². The van der Waals surface area contributed by atoms with Crippen LogP contribution < -0.4 is 9.62 Å². The van der Waals surface area contributed by atoms with Gasteiger partial charge in [0.15, 0.2) is 0 Å². The van der Waals surface area contributed by atoms with E-state index in [1.165, 1.54) is 35.2 Å². The van der Waals surface area contributed by atoms with Crippen LogP contribution in [0.25, 0.3) is 0 Å². The maximum absolute atomic E-state index is 15.0. The Morgan fingerprint density at radius 3 is 2.18 bits per heavy atom. The van der Waals surface area contributed by atoms with Gasteiger partial charge < -0.3 is 10.2 Å². The number of sulfonamides is 1. The highest BCUT2D eigenvalue weighted by atomic mass is 35.5. The van der Waals surface area contributed by atoms with Crippen molar-refractivity contribution in [3.05, 3.63) is 131 Å². The van der Waals surface area contributed by atoms with E-state index in [0.29, 0.717) is 12.0 Å². The van der Waals surface area contributed by atoms with E-state index in [0.717, 1.165) is 9.87 Å². The van der Waals surface area contributed by atoms with E-state index in [2.05, 4.69) is 5.32 Å². The summed E-state index contributed by atoms with van der Waals surface area (Å²) in [6, 6.07) is 26.5. The van der Waals surface area contributed by atoms with Gasteiger partial charge in [-0.1, -0.05) is 91.3 Å². The number of amides is 2. The summed E-state index contributed by atoms with van der Waals surface area (Å²) in [7, 11) is -4.28. The van der Waals surface area contributed by atoms with Crippen molar-refractivity contribution in [1.82, 2.24) is 10.2 Å². The molecule has 1 N–H and O–H groups in total. The third kappa shape index (κ3) is 8.49. The van der Waals surface area contributed by atoms with Crippen molar-refractivity contribution < 1.29 is 22.4 Å². The fourth-order valence-electron chi connectivity index (χ4n) is 4.89. The molecule has 10 heteroatoms. The van der Waals surface area contributed by atoms with Crippen LogP contribution in [0.3, 0.4) is 0 Å². The standard InChI is InChI=1S/C35H37ClFN3O4S/c1-4-26(3)38-35(42)33(21-27-13-7-5-8-14-27)39(23-28-15-11-12-18-31(28)37)34(41)24-40(32-22-29(36)20-19-25(32)2)45(43,44)30-16-9-6-10-17-30/h5-20,22,26,33H,4,21,23-24H2,1-3H3,(H,38,42)/t26-,33-/m0/s1. The van der Waals surface area contributed by atoms with Gasteiger partial charge in [0.1, 0.15) is 18.4 Å². The van der Waals surface area contributed by atoms with Crippen molar-refractivity contribution in [3.63, 3.8) is 0 Å². The second-order valence-electron chi connectivity index (χ2n) is 10.9. The predicted molar refractivity (Wildman–Crippen MR) is 176 cm³/mol. The van der Waals surface area contributed by atoms with Gasteiger partial charge in [-0.3, -0.25) is 13.9 Å². The first kappa shape index (κ1) is 33.7. The van der Waals surface area contributed by atoms with E-state index in [9.17, 15) is 18.0 Å². The topological polar surface area (TPSA) is 86.8 Å². The van der Waals surface area contributed by atoms with Gasteiger partial charge in [-0.15, -0.1) is 0 Å². The van der Waals surface area contributed by atoms with Crippen molar-refractivity contribution in [2.75, 3.05) is 10.8 Å². The molecule has 0 bridgehead atoms. The molecule has 0 aliphatic carbocycles. The first-order valence-corrected chi connectivity index (χ1v) is 16.5. The van der Waals surface area contributed by atoms with Gasteiger partial charge in [-0.25, -0.2) is 12.8 Å². The van der Waals surface area contributed by atoms with E-state index in [1.807, 2.05) is 44.2 Å². The number of aryl methyl sites for hydroxylation is 1. The van der Waals surface area contributed by atoms with Crippen molar-refractivity contribution in [2.24, 2.45) is 0 Å². The van der Waals surface area contributed by atoms with Crippen molar-refractivity contribution in [2.45, 2.75) is 57.1 Å². The van der Waals surface area contributed by atoms with Crippen LogP contribution in [-0.4, -0.2) is 43.8 Å². The Morgan fingerprint density at radius 2 is 1.53 bits per heavy atom. The second kappa shape index (κ2) is 15.2. The summed E-state index contributed by atoms with van der Waals surface area (Å²) >= 11 is 6.31. The highest BCUT2D eigenvalue weighted by Gasteiger charge is 2.35. The predicted octanol–water partition coefficient (Wildman–Crippen LogP) is 6.54. The number of nitrogens with one attached hydrogen (secondary N) is 1. The molecule has 0 heterocycles. The molecule has 0 radical (unpaired) electrons. The molecular weight excluding hydrogens is 613 g/mol. The number of benzene rings is 4.